The van der Waals surface area contributed by atoms with E-state index in [4.69, 9.17) is 22.2 Å². The van der Waals surface area contributed by atoms with Crippen molar-refractivity contribution in [2.24, 2.45) is 0 Å². The topological polar surface area (TPSA) is 92.6 Å². The number of thiocarbonyl (C=S) groups is 1. The molecular formula is C26H24N8S2. The van der Waals surface area contributed by atoms with E-state index in [0.717, 1.165) is 16.9 Å². The van der Waals surface area contributed by atoms with Crippen molar-refractivity contribution in [3.05, 3.63) is 108 Å². The first kappa shape index (κ1) is 23.7. The van der Waals surface area contributed by atoms with E-state index in [-0.39, 0.29) is 0 Å². The van der Waals surface area contributed by atoms with Crippen LogP contribution in [0, 0.1) is 0 Å². The molecule has 0 bridgehead atoms. The van der Waals surface area contributed by atoms with Crippen LogP contribution in [0.15, 0.2) is 96.2 Å². The number of hydrazine groups is 1. The fourth-order valence-electron chi connectivity index (χ4n) is 3.51. The number of hydrogen-bond acceptors (Lipinski definition) is 7. The highest BCUT2D eigenvalue weighted by Crippen LogP contribution is 2.25. The summed E-state index contributed by atoms with van der Waals surface area (Å²) in [5, 5.41) is 13.0. The molecule has 36 heavy (non-hydrogen) atoms. The normalized spacial score (nSPS) is 10.8. The number of anilines is 1. The van der Waals surface area contributed by atoms with E-state index in [0.29, 0.717) is 40.3 Å². The fraction of sp³-hybridized carbons (Fsp3) is 0.115. The first-order chi connectivity index (χ1) is 17.7. The van der Waals surface area contributed by atoms with E-state index >= 15 is 0 Å². The monoisotopic (exact) mass is 512 g/mol. The Morgan fingerprint density at radius 3 is 2.14 bits per heavy atom. The Morgan fingerprint density at radius 1 is 0.806 bits per heavy atom. The third kappa shape index (κ3) is 6.15. The standard InChI is InChI=1S/C26H24N8S2/c35-25(27-16-19-10-4-1-5-11-19)32-31-23-22-24(34(33-30-22)17-20-12-6-2-7-13-20)29-26(28-23)36-18-21-14-8-3-9-15-21/h1-15H,16-18H2,(H2,27,32,35)(H,28,29,31). The summed E-state index contributed by atoms with van der Waals surface area (Å²) in [5.74, 6) is 1.26. The Kier molecular flexibility index (Phi) is 7.64. The van der Waals surface area contributed by atoms with Gasteiger partial charge in [0.15, 0.2) is 27.3 Å². The molecule has 0 amide bonds. The number of benzene rings is 3. The number of nitrogens with one attached hydrogen (secondary N) is 3. The van der Waals surface area contributed by atoms with Crippen LogP contribution < -0.4 is 16.2 Å². The van der Waals surface area contributed by atoms with Crippen molar-refractivity contribution in [2.45, 2.75) is 24.0 Å². The first-order valence-electron chi connectivity index (χ1n) is 11.4. The molecule has 10 heteroatoms. The van der Waals surface area contributed by atoms with E-state index < -0.39 is 0 Å². The van der Waals surface area contributed by atoms with Crippen LogP contribution in [0.5, 0.6) is 0 Å². The van der Waals surface area contributed by atoms with Crippen molar-refractivity contribution in [1.82, 2.24) is 35.7 Å². The van der Waals surface area contributed by atoms with E-state index in [1.54, 1.807) is 16.4 Å². The number of nitrogens with zero attached hydrogens (tertiary/aromatic N) is 5. The lowest BCUT2D eigenvalue weighted by Gasteiger charge is -2.13. The average molecular weight is 513 g/mol. The summed E-state index contributed by atoms with van der Waals surface area (Å²) in [5.41, 5.74) is 10.8. The van der Waals surface area contributed by atoms with Crippen LogP contribution in [0.3, 0.4) is 0 Å². The Hall–Kier alpha value is -4.02. The fourth-order valence-corrected chi connectivity index (χ4v) is 4.43. The Labute approximate surface area is 218 Å². The maximum Gasteiger partial charge on any atom is 0.192 e. The zero-order chi connectivity index (χ0) is 24.6. The van der Waals surface area contributed by atoms with Gasteiger partial charge in [-0.2, -0.15) is 0 Å². The summed E-state index contributed by atoms with van der Waals surface area (Å²) >= 11 is 7.00. The van der Waals surface area contributed by atoms with Gasteiger partial charge >= 0.3 is 0 Å². The number of fused-ring (bicyclic) bond motifs is 1. The summed E-state index contributed by atoms with van der Waals surface area (Å²) in [6.45, 7) is 1.17. The molecule has 0 saturated carbocycles. The molecule has 0 atom stereocenters. The van der Waals surface area contributed by atoms with Gasteiger partial charge in [-0.05, 0) is 28.9 Å². The van der Waals surface area contributed by atoms with E-state index in [2.05, 4.69) is 50.7 Å². The van der Waals surface area contributed by atoms with E-state index in [9.17, 15) is 0 Å². The Balaban J connectivity index is 1.35. The molecule has 0 radical (unpaired) electrons. The Morgan fingerprint density at radius 2 is 1.44 bits per heavy atom. The molecule has 0 aliphatic rings. The molecule has 8 nitrogen and oxygen atoms in total. The van der Waals surface area contributed by atoms with Crippen LogP contribution in [-0.2, 0) is 18.8 Å². The van der Waals surface area contributed by atoms with Crippen molar-refractivity contribution in [2.75, 3.05) is 5.43 Å². The number of thioether (sulfide) groups is 1. The molecular weight excluding hydrogens is 488 g/mol. The summed E-state index contributed by atoms with van der Waals surface area (Å²) < 4.78 is 1.79. The van der Waals surface area contributed by atoms with Gasteiger partial charge in [-0.3, -0.25) is 10.9 Å². The number of aromatic nitrogens is 5. The minimum atomic E-state index is 0.445. The molecule has 5 rings (SSSR count). The average Bonchev–Trinajstić information content (AvgIpc) is 3.33. The predicted molar refractivity (Wildman–Crippen MR) is 147 cm³/mol. The molecule has 0 saturated heterocycles. The van der Waals surface area contributed by atoms with Crippen LogP contribution in [0.2, 0.25) is 0 Å². The summed E-state index contributed by atoms with van der Waals surface area (Å²) in [7, 11) is 0. The van der Waals surface area contributed by atoms with Gasteiger partial charge < -0.3 is 5.32 Å². The molecule has 3 N–H and O–H groups in total. The van der Waals surface area contributed by atoms with Gasteiger partial charge in [-0.1, -0.05) is 108 Å². The quantitative estimate of drug-likeness (QED) is 0.114. The highest BCUT2D eigenvalue weighted by molar-refractivity contribution is 7.98. The smallest absolute Gasteiger partial charge is 0.192 e. The molecule has 0 aliphatic heterocycles. The van der Waals surface area contributed by atoms with Crippen LogP contribution >= 0.6 is 24.0 Å². The zero-order valence-corrected chi connectivity index (χ0v) is 21.0. The molecule has 3 aromatic carbocycles. The summed E-state index contributed by atoms with van der Waals surface area (Å²) in [6.07, 6.45) is 0. The molecule has 0 aliphatic carbocycles. The van der Waals surface area contributed by atoms with E-state index in [1.807, 2.05) is 66.7 Å². The number of hydrogen-bond donors (Lipinski definition) is 3. The molecule has 2 heterocycles. The van der Waals surface area contributed by atoms with E-state index in [1.165, 1.54) is 5.56 Å². The lowest BCUT2D eigenvalue weighted by Crippen LogP contribution is -2.38. The Bertz CT molecular complexity index is 1430. The second kappa shape index (κ2) is 11.6. The van der Waals surface area contributed by atoms with Gasteiger partial charge in [0, 0.05) is 12.3 Å². The second-order valence-corrected chi connectivity index (χ2v) is 9.30. The lowest BCUT2D eigenvalue weighted by molar-refractivity contribution is 0.661. The largest absolute Gasteiger partial charge is 0.357 e. The summed E-state index contributed by atoms with van der Waals surface area (Å²) in [4.78, 5) is 9.49. The SMILES string of the molecule is S=C(NCc1ccccc1)NNc1nc(SCc2ccccc2)nc2c1nnn2Cc1ccccc1. The van der Waals surface area contributed by atoms with Crippen LogP contribution in [-0.4, -0.2) is 30.1 Å². The van der Waals surface area contributed by atoms with Gasteiger partial charge in [-0.25, -0.2) is 14.6 Å². The van der Waals surface area contributed by atoms with Crippen molar-refractivity contribution in [1.29, 1.82) is 0 Å². The van der Waals surface area contributed by atoms with Gasteiger partial charge in [0.2, 0.25) is 0 Å². The van der Waals surface area contributed by atoms with Gasteiger partial charge in [0.1, 0.15) is 0 Å². The minimum Gasteiger partial charge on any atom is -0.357 e. The maximum atomic E-state index is 5.44. The highest BCUT2D eigenvalue weighted by atomic mass is 32.2. The van der Waals surface area contributed by atoms with Crippen LogP contribution in [0.25, 0.3) is 11.2 Å². The van der Waals surface area contributed by atoms with Crippen molar-refractivity contribution >= 4 is 46.1 Å². The lowest BCUT2D eigenvalue weighted by atomic mass is 10.2. The molecule has 180 valence electrons. The van der Waals surface area contributed by atoms with Gasteiger partial charge in [0.05, 0.1) is 6.54 Å². The maximum absolute atomic E-state index is 5.44. The molecule has 5 aromatic rings. The molecule has 0 unspecified atom stereocenters. The van der Waals surface area contributed by atoms with Gasteiger partial charge in [0.25, 0.3) is 0 Å². The van der Waals surface area contributed by atoms with Crippen LogP contribution in [0.1, 0.15) is 16.7 Å². The highest BCUT2D eigenvalue weighted by Gasteiger charge is 2.16. The molecule has 0 spiro atoms. The first-order valence-corrected chi connectivity index (χ1v) is 12.8. The third-order valence-corrected chi connectivity index (χ3v) is 6.48. The van der Waals surface area contributed by atoms with Crippen molar-refractivity contribution in [3.63, 3.8) is 0 Å². The van der Waals surface area contributed by atoms with Crippen molar-refractivity contribution in [3.8, 4) is 0 Å². The number of rotatable bonds is 9. The van der Waals surface area contributed by atoms with Gasteiger partial charge in [-0.15, -0.1) is 5.10 Å². The summed E-state index contributed by atoms with van der Waals surface area (Å²) in [6, 6.07) is 30.4. The predicted octanol–water partition coefficient (Wildman–Crippen LogP) is 4.55. The molecule has 2 aromatic heterocycles. The second-order valence-electron chi connectivity index (χ2n) is 7.95. The minimum absolute atomic E-state index is 0.445. The third-order valence-electron chi connectivity index (χ3n) is 5.32. The molecule has 0 fully saturated rings. The van der Waals surface area contributed by atoms with Crippen LogP contribution in [0.4, 0.5) is 5.82 Å². The zero-order valence-electron chi connectivity index (χ0n) is 19.3. The van der Waals surface area contributed by atoms with Crippen molar-refractivity contribution < 1.29 is 0 Å².